The van der Waals surface area contributed by atoms with E-state index in [1.165, 1.54) is 0 Å². The fourth-order valence-electron chi connectivity index (χ4n) is 1.93. The number of rotatable bonds is 9. The predicted molar refractivity (Wildman–Crippen MR) is 77.6 cm³/mol. The van der Waals surface area contributed by atoms with Crippen LogP contribution in [0.3, 0.4) is 0 Å². The van der Waals surface area contributed by atoms with Crippen LogP contribution < -0.4 is 0 Å². The molecule has 1 aliphatic rings. The number of aliphatic hydroxyl groups is 1. The first kappa shape index (κ1) is 25.4. The third-order valence-electron chi connectivity index (χ3n) is 2.69. The second-order valence-electron chi connectivity index (χ2n) is 4.74. The molecule has 0 aliphatic carbocycles. The summed E-state index contributed by atoms with van der Waals surface area (Å²) in [6.07, 6.45) is -12.8. The fourth-order valence-corrected chi connectivity index (χ4v) is 3.74. The summed E-state index contributed by atoms with van der Waals surface area (Å²) in [6, 6.07) is 0. The smallest absolute Gasteiger partial charge is 0.366 e. The molecule has 1 rings (SSSR count). The van der Waals surface area contributed by atoms with Crippen molar-refractivity contribution in [2.24, 2.45) is 0 Å². The van der Waals surface area contributed by atoms with Crippen molar-refractivity contribution in [2.75, 3.05) is 6.61 Å². The van der Waals surface area contributed by atoms with Gasteiger partial charge in [0.1, 0.15) is 18.3 Å². The average molecular weight is 500 g/mol. The van der Waals surface area contributed by atoms with Gasteiger partial charge in [0.15, 0.2) is 12.4 Å². The van der Waals surface area contributed by atoms with E-state index >= 15 is 0 Å². The molecule has 0 aromatic carbocycles. The summed E-state index contributed by atoms with van der Waals surface area (Å²) in [4.78, 5) is 0. The monoisotopic (exact) mass is 500 g/mol. The van der Waals surface area contributed by atoms with Crippen molar-refractivity contribution in [3.8, 4) is 0 Å². The van der Waals surface area contributed by atoms with Gasteiger partial charge in [-0.1, -0.05) is 0 Å². The van der Waals surface area contributed by atoms with Crippen molar-refractivity contribution in [3.05, 3.63) is 0 Å². The van der Waals surface area contributed by atoms with E-state index in [0.29, 0.717) is 0 Å². The normalized spacial score (nSPS) is 30.2. The largest absolute Gasteiger partial charge is 0.397 e. The summed E-state index contributed by atoms with van der Waals surface area (Å²) >= 11 is 0. The zero-order valence-corrected chi connectivity index (χ0v) is 16.0. The second-order valence-corrected chi connectivity index (χ2v) is 8.98. The summed E-state index contributed by atoms with van der Waals surface area (Å²) in [5.74, 6) is 0. The van der Waals surface area contributed by atoms with Crippen LogP contribution in [0.5, 0.6) is 0 Å². The van der Waals surface area contributed by atoms with Crippen LogP contribution in [-0.4, -0.2) is 94.3 Å². The third kappa shape index (κ3) is 9.27. The molecule has 0 saturated carbocycles. The van der Waals surface area contributed by atoms with E-state index in [4.69, 9.17) is 18.2 Å². The summed E-state index contributed by atoms with van der Waals surface area (Å²) in [5, 5.41) is 9.70. The first-order valence-corrected chi connectivity index (χ1v) is 11.7. The maximum atomic E-state index is 11.0. The maximum Gasteiger partial charge on any atom is 0.397 e. The van der Waals surface area contributed by atoms with E-state index in [1.54, 1.807) is 0 Å². The molecule has 0 amide bonds. The summed E-state index contributed by atoms with van der Waals surface area (Å²) < 4.78 is 142. The molecule has 28 heavy (non-hydrogen) atoms. The lowest BCUT2D eigenvalue weighted by Crippen LogP contribution is -2.62. The standard InChI is InChI=1S/C6H12O18S4/c7-6-5(24-28(17,18)19)4(23-27(14,15)16)3(22-26(11,12)13)2(21-6)1-20-25(8,9)10/h2-7H,1H2,(H,8,9,10)(H,11,12,13)(H,14,15,16)(H,17,18,19)/t2-,3-,4+,5+,6?/m1/s1. The minimum absolute atomic E-state index is 1.42. The molecular formula is C6H12O18S4. The highest BCUT2D eigenvalue weighted by Crippen LogP contribution is 2.30. The van der Waals surface area contributed by atoms with E-state index in [0.717, 1.165) is 0 Å². The SMILES string of the molecule is O=S(=O)(O)OC[C@H]1OC(O)[C@@H](OS(=O)(=O)O)[C@@H](OS(=O)(=O)O)[C@@H]1OS(=O)(=O)O. The van der Waals surface area contributed by atoms with Crippen LogP contribution in [-0.2, 0) is 63.1 Å². The molecule has 0 radical (unpaired) electrons. The highest BCUT2D eigenvalue weighted by Gasteiger charge is 2.53. The van der Waals surface area contributed by atoms with Gasteiger partial charge in [0.25, 0.3) is 0 Å². The maximum absolute atomic E-state index is 11.0. The fraction of sp³-hybridized carbons (Fsp3) is 1.00. The molecule has 18 nitrogen and oxygen atoms in total. The molecule has 22 heteroatoms. The molecule has 1 heterocycles. The Hall–Kier alpha value is -0.600. The topological polar surface area (TPSA) is 284 Å². The lowest BCUT2D eigenvalue weighted by atomic mass is 9.99. The van der Waals surface area contributed by atoms with Crippen LogP contribution in [0.4, 0.5) is 0 Å². The van der Waals surface area contributed by atoms with E-state index in [9.17, 15) is 38.8 Å². The number of ether oxygens (including phenoxy) is 1. The Balaban J connectivity index is 3.42. The van der Waals surface area contributed by atoms with Gasteiger partial charge in [0, 0.05) is 0 Å². The molecule has 5 N–H and O–H groups in total. The quantitative estimate of drug-likeness (QED) is 0.189. The Morgan fingerprint density at radius 3 is 1.43 bits per heavy atom. The Bertz CT molecular complexity index is 959. The van der Waals surface area contributed by atoms with E-state index in [2.05, 4.69) is 21.5 Å². The molecule has 1 aliphatic heterocycles. The van der Waals surface area contributed by atoms with Crippen molar-refractivity contribution < 1.29 is 78.5 Å². The van der Waals surface area contributed by atoms with E-state index in [1.807, 2.05) is 0 Å². The van der Waals surface area contributed by atoms with Crippen LogP contribution in [0.15, 0.2) is 0 Å². The third-order valence-corrected chi connectivity index (χ3v) is 4.52. The van der Waals surface area contributed by atoms with Gasteiger partial charge in [-0.3, -0.25) is 18.2 Å². The molecule has 0 bridgehead atoms. The van der Waals surface area contributed by atoms with Gasteiger partial charge >= 0.3 is 41.6 Å². The van der Waals surface area contributed by atoms with Gasteiger partial charge in [-0.2, -0.15) is 33.7 Å². The van der Waals surface area contributed by atoms with Crippen LogP contribution in [0.1, 0.15) is 0 Å². The number of hydrogen-bond donors (Lipinski definition) is 5. The van der Waals surface area contributed by atoms with E-state index in [-0.39, 0.29) is 0 Å². The van der Waals surface area contributed by atoms with Gasteiger partial charge < -0.3 is 9.84 Å². The van der Waals surface area contributed by atoms with Gasteiger partial charge in [-0.25, -0.2) is 16.7 Å². The van der Waals surface area contributed by atoms with Gasteiger partial charge in [0.05, 0.1) is 6.61 Å². The molecular weight excluding hydrogens is 488 g/mol. The van der Waals surface area contributed by atoms with E-state index < -0.39 is 78.9 Å². The minimum atomic E-state index is -5.58. The molecule has 5 atom stereocenters. The molecule has 1 unspecified atom stereocenters. The second kappa shape index (κ2) is 8.64. The van der Waals surface area contributed by atoms with Crippen molar-refractivity contribution in [3.63, 3.8) is 0 Å². The number of hydrogen-bond acceptors (Lipinski definition) is 14. The molecule has 0 spiro atoms. The van der Waals surface area contributed by atoms with Crippen LogP contribution >= 0.6 is 0 Å². The summed E-state index contributed by atoms with van der Waals surface area (Å²) in [5.41, 5.74) is 0. The van der Waals surface area contributed by atoms with Gasteiger partial charge in [-0.15, -0.1) is 0 Å². The molecule has 1 saturated heterocycles. The molecule has 0 aromatic heterocycles. The van der Waals surface area contributed by atoms with Crippen molar-refractivity contribution in [1.29, 1.82) is 0 Å². The summed E-state index contributed by atoms with van der Waals surface area (Å²) in [6.45, 7) is -1.42. The number of aliphatic hydroxyl groups excluding tert-OH is 1. The highest BCUT2D eigenvalue weighted by molar-refractivity contribution is 7.81. The van der Waals surface area contributed by atoms with Gasteiger partial charge in [-0.05, 0) is 0 Å². The first-order chi connectivity index (χ1) is 12.3. The van der Waals surface area contributed by atoms with Crippen molar-refractivity contribution in [1.82, 2.24) is 0 Å². The van der Waals surface area contributed by atoms with Crippen molar-refractivity contribution in [2.45, 2.75) is 30.7 Å². The molecule has 1 fully saturated rings. The predicted octanol–water partition coefficient (Wildman–Crippen LogP) is -3.91. The van der Waals surface area contributed by atoms with Crippen LogP contribution in [0.2, 0.25) is 0 Å². The van der Waals surface area contributed by atoms with Crippen LogP contribution in [0, 0.1) is 0 Å². The summed E-state index contributed by atoms with van der Waals surface area (Å²) in [7, 11) is -21.8. The zero-order valence-electron chi connectivity index (χ0n) is 12.8. The average Bonchev–Trinajstić information content (AvgIpc) is 2.39. The van der Waals surface area contributed by atoms with Crippen LogP contribution in [0.25, 0.3) is 0 Å². The van der Waals surface area contributed by atoms with Gasteiger partial charge in [0.2, 0.25) is 0 Å². The Morgan fingerprint density at radius 2 is 1.04 bits per heavy atom. The Morgan fingerprint density at radius 1 is 0.643 bits per heavy atom. The Labute approximate surface area is 157 Å². The van der Waals surface area contributed by atoms with Crippen molar-refractivity contribution >= 4 is 41.6 Å². The Kier molecular flexibility index (Phi) is 7.85. The molecule has 168 valence electrons. The molecule has 0 aromatic rings. The highest BCUT2D eigenvalue weighted by atomic mass is 32.3. The lowest BCUT2D eigenvalue weighted by Gasteiger charge is -2.41. The lowest BCUT2D eigenvalue weighted by molar-refractivity contribution is -0.270. The zero-order chi connectivity index (χ0) is 22.1. The minimum Gasteiger partial charge on any atom is -0.366 e. The first-order valence-electron chi connectivity index (χ1n) is 6.20.